The highest BCUT2D eigenvalue weighted by molar-refractivity contribution is 14.1. The topological polar surface area (TPSA) is 83.8 Å². The molecule has 0 saturated heterocycles. The molecule has 1 heterocycles. The quantitative estimate of drug-likeness (QED) is 0.708. The van der Waals surface area contributed by atoms with E-state index in [9.17, 15) is 4.79 Å². The van der Waals surface area contributed by atoms with Gasteiger partial charge in [0, 0.05) is 12.6 Å². The second-order valence-electron chi connectivity index (χ2n) is 3.09. The van der Waals surface area contributed by atoms with E-state index in [-0.39, 0.29) is 11.6 Å². The summed E-state index contributed by atoms with van der Waals surface area (Å²) in [5.41, 5.74) is 5.47. The van der Waals surface area contributed by atoms with Crippen molar-refractivity contribution in [2.45, 2.75) is 19.4 Å². The average molecular weight is 308 g/mol. The molecule has 1 unspecified atom stereocenters. The van der Waals surface area contributed by atoms with Gasteiger partial charge in [-0.3, -0.25) is 4.79 Å². The maximum absolute atomic E-state index is 11.2. The van der Waals surface area contributed by atoms with Crippen LogP contribution in [-0.2, 0) is 0 Å². The van der Waals surface area contributed by atoms with Gasteiger partial charge in [-0.2, -0.15) is 0 Å². The van der Waals surface area contributed by atoms with Crippen LogP contribution in [0.25, 0.3) is 0 Å². The molecule has 1 aromatic rings. The average Bonchev–Trinajstić information content (AvgIpc) is 2.12. The maximum Gasteiger partial charge on any atom is 0.266 e. The van der Waals surface area contributed by atoms with Crippen LogP contribution in [0.4, 0.5) is 5.82 Å². The van der Waals surface area contributed by atoms with Gasteiger partial charge in [-0.05, 0) is 35.9 Å². The standard InChI is InChI=1S/C8H13IN4O/c1-5(10)2-3-11-7-6(9)8(14)13-4-12-7/h4-5H,2-3,10H2,1H3,(H2,11,12,13,14). The van der Waals surface area contributed by atoms with Gasteiger partial charge >= 0.3 is 0 Å². The molecule has 0 spiro atoms. The number of nitrogens with one attached hydrogen (secondary N) is 2. The van der Waals surface area contributed by atoms with Crippen molar-refractivity contribution in [1.29, 1.82) is 0 Å². The van der Waals surface area contributed by atoms with E-state index < -0.39 is 0 Å². The summed E-state index contributed by atoms with van der Waals surface area (Å²) in [6, 6.07) is 0.155. The van der Waals surface area contributed by atoms with Crippen molar-refractivity contribution in [3.8, 4) is 0 Å². The molecule has 1 atom stereocenters. The molecule has 0 fully saturated rings. The smallest absolute Gasteiger partial charge is 0.266 e. The van der Waals surface area contributed by atoms with E-state index >= 15 is 0 Å². The summed E-state index contributed by atoms with van der Waals surface area (Å²) in [4.78, 5) is 17.7. The lowest BCUT2D eigenvalue weighted by molar-refractivity contribution is 0.689. The Labute approximate surface area is 95.6 Å². The number of halogens is 1. The molecular formula is C8H13IN4O. The Morgan fingerprint density at radius 2 is 2.50 bits per heavy atom. The van der Waals surface area contributed by atoms with Gasteiger partial charge in [0.1, 0.15) is 9.39 Å². The van der Waals surface area contributed by atoms with Crippen molar-refractivity contribution in [2.24, 2.45) is 5.73 Å². The highest BCUT2D eigenvalue weighted by Crippen LogP contribution is 2.08. The van der Waals surface area contributed by atoms with E-state index in [1.165, 1.54) is 6.33 Å². The number of H-pyrrole nitrogens is 1. The van der Waals surface area contributed by atoms with Crippen LogP contribution in [0.15, 0.2) is 11.1 Å². The van der Waals surface area contributed by atoms with Crippen LogP contribution >= 0.6 is 22.6 Å². The number of hydrogen-bond acceptors (Lipinski definition) is 4. The van der Waals surface area contributed by atoms with Crippen molar-refractivity contribution >= 4 is 28.4 Å². The van der Waals surface area contributed by atoms with Crippen molar-refractivity contribution in [2.75, 3.05) is 11.9 Å². The van der Waals surface area contributed by atoms with Crippen molar-refractivity contribution in [3.63, 3.8) is 0 Å². The van der Waals surface area contributed by atoms with Crippen LogP contribution in [0.1, 0.15) is 13.3 Å². The molecule has 0 aromatic carbocycles. The van der Waals surface area contributed by atoms with Crippen molar-refractivity contribution in [3.05, 3.63) is 20.3 Å². The lowest BCUT2D eigenvalue weighted by atomic mass is 10.2. The van der Waals surface area contributed by atoms with Gasteiger partial charge in [0.05, 0.1) is 6.33 Å². The summed E-state index contributed by atoms with van der Waals surface area (Å²) in [5, 5.41) is 3.07. The highest BCUT2D eigenvalue weighted by Gasteiger charge is 2.03. The first-order valence-corrected chi connectivity index (χ1v) is 5.41. The van der Waals surface area contributed by atoms with Crippen LogP contribution in [0.3, 0.4) is 0 Å². The third-order valence-electron chi connectivity index (χ3n) is 1.69. The third kappa shape index (κ3) is 3.26. The molecule has 0 aliphatic carbocycles. The van der Waals surface area contributed by atoms with Crippen LogP contribution in [0.2, 0.25) is 0 Å². The molecule has 0 radical (unpaired) electrons. The predicted octanol–water partition coefficient (Wildman–Crippen LogP) is 0.524. The Morgan fingerprint density at radius 3 is 3.14 bits per heavy atom. The normalized spacial score (nSPS) is 12.5. The van der Waals surface area contributed by atoms with E-state index in [2.05, 4.69) is 15.3 Å². The first kappa shape index (κ1) is 11.4. The summed E-state index contributed by atoms with van der Waals surface area (Å²) in [5.74, 6) is 0.620. The van der Waals surface area contributed by atoms with Crippen molar-refractivity contribution in [1.82, 2.24) is 9.97 Å². The Morgan fingerprint density at radius 1 is 1.79 bits per heavy atom. The first-order chi connectivity index (χ1) is 6.61. The Hall–Kier alpha value is -0.630. The Bertz CT molecular complexity index is 349. The molecule has 4 N–H and O–H groups in total. The van der Waals surface area contributed by atoms with Gasteiger partial charge in [0.15, 0.2) is 0 Å². The zero-order valence-electron chi connectivity index (χ0n) is 7.88. The summed E-state index contributed by atoms with van der Waals surface area (Å²) in [6.07, 6.45) is 2.24. The monoisotopic (exact) mass is 308 g/mol. The first-order valence-electron chi connectivity index (χ1n) is 4.34. The summed E-state index contributed by atoms with van der Waals surface area (Å²) in [7, 11) is 0. The van der Waals surface area contributed by atoms with Gasteiger partial charge in [-0.15, -0.1) is 0 Å². The number of rotatable bonds is 4. The van der Waals surface area contributed by atoms with E-state index in [0.717, 1.165) is 13.0 Å². The van der Waals surface area contributed by atoms with Gasteiger partial charge in [-0.1, -0.05) is 0 Å². The summed E-state index contributed by atoms with van der Waals surface area (Å²) >= 11 is 1.96. The number of hydrogen-bond donors (Lipinski definition) is 3. The third-order valence-corrected chi connectivity index (χ3v) is 2.69. The molecule has 0 saturated carbocycles. The second kappa shape index (κ2) is 5.30. The van der Waals surface area contributed by atoms with Crippen LogP contribution in [-0.4, -0.2) is 22.6 Å². The predicted molar refractivity (Wildman–Crippen MR) is 64.3 cm³/mol. The summed E-state index contributed by atoms with van der Waals surface area (Å²) < 4.78 is 0.578. The lowest BCUT2D eigenvalue weighted by Crippen LogP contribution is -2.21. The fourth-order valence-electron chi connectivity index (χ4n) is 0.925. The molecule has 78 valence electrons. The fraction of sp³-hybridized carbons (Fsp3) is 0.500. The minimum Gasteiger partial charge on any atom is -0.369 e. The zero-order valence-corrected chi connectivity index (χ0v) is 10.0. The van der Waals surface area contributed by atoms with E-state index in [4.69, 9.17) is 5.73 Å². The minimum absolute atomic E-state index is 0.121. The molecule has 0 bridgehead atoms. The molecule has 0 amide bonds. The molecule has 6 heteroatoms. The summed E-state index contributed by atoms with van der Waals surface area (Å²) in [6.45, 7) is 2.67. The molecule has 1 aromatic heterocycles. The Balaban J connectivity index is 2.59. The van der Waals surface area contributed by atoms with Gasteiger partial charge in [-0.25, -0.2) is 4.98 Å². The van der Waals surface area contributed by atoms with E-state index in [1.54, 1.807) is 0 Å². The lowest BCUT2D eigenvalue weighted by Gasteiger charge is -2.07. The second-order valence-corrected chi connectivity index (χ2v) is 4.17. The van der Waals surface area contributed by atoms with Gasteiger partial charge < -0.3 is 16.0 Å². The minimum atomic E-state index is -0.121. The molecule has 14 heavy (non-hydrogen) atoms. The largest absolute Gasteiger partial charge is 0.369 e. The van der Waals surface area contributed by atoms with Crippen LogP contribution in [0, 0.1) is 3.57 Å². The van der Waals surface area contributed by atoms with E-state index in [1.807, 2.05) is 29.5 Å². The van der Waals surface area contributed by atoms with E-state index in [0.29, 0.717) is 9.39 Å². The maximum atomic E-state index is 11.2. The van der Waals surface area contributed by atoms with Crippen LogP contribution < -0.4 is 16.6 Å². The molecule has 5 nitrogen and oxygen atoms in total. The number of nitrogens with two attached hydrogens (primary N) is 1. The number of aromatic nitrogens is 2. The van der Waals surface area contributed by atoms with Crippen molar-refractivity contribution < 1.29 is 0 Å². The molecular weight excluding hydrogens is 295 g/mol. The number of anilines is 1. The van der Waals surface area contributed by atoms with Gasteiger partial charge in [0.2, 0.25) is 0 Å². The zero-order chi connectivity index (χ0) is 10.6. The number of aromatic amines is 1. The highest BCUT2D eigenvalue weighted by atomic mass is 127. The fourth-order valence-corrected chi connectivity index (χ4v) is 1.41. The molecule has 0 aliphatic rings. The SMILES string of the molecule is CC(N)CCNc1nc[nH]c(=O)c1I. The molecule has 0 aliphatic heterocycles. The number of nitrogens with zero attached hydrogens (tertiary/aromatic N) is 1. The van der Waals surface area contributed by atoms with Crippen LogP contribution in [0.5, 0.6) is 0 Å². The molecule has 1 rings (SSSR count). The van der Waals surface area contributed by atoms with Gasteiger partial charge in [0.25, 0.3) is 5.56 Å². The Kier molecular flexibility index (Phi) is 4.33.